The first-order valence-corrected chi connectivity index (χ1v) is 6.13. The largest absolute Gasteiger partial charge is 0.319 e. The molecule has 0 fully saturated rings. The Hall–Kier alpha value is -2.25. The van der Waals surface area contributed by atoms with E-state index in [4.69, 9.17) is 5.90 Å². The third kappa shape index (κ3) is 2.84. The number of nitrogens with zero attached hydrogens (tertiary/aromatic N) is 2. The molecule has 1 amide bonds. The van der Waals surface area contributed by atoms with E-state index in [9.17, 15) is 4.79 Å². The maximum atomic E-state index is 12.3. The monoisotopic (exact) mass is 275 g/mol. The molecule has 2 aromatic heterocycles. The third-order valence-corrected chi connectivity index (χ3v) is 2.95. The van der Waals surface area contributed by atoms with Gasteiger partial charge >= 0.3 is 0 Å². The van der Waals surface area contributed by atoms with Crippen molar-refractivity contribution in [1.82, 2.24) is 15.2 Å². The van der Waals surface area contributed by atoms with Crippen LogP contribution in [0.2, 0.25) is 0 Å². The van der Waals surface area contributed by atoms with Gasteiger partial charge in [0.05, 0.1) is 16.9 Å². The highest BCUT2D eigenvalue weighted by molar-refractivity contribution is 6.05. The van der Waals surface area contributed by atoms with Gasteiger partial charge in [-0.25, -0.2) is 5.90 Å². The number of anilines is 1. The molecule has 0 spiro atoms. The number of aryl methyl sites for hydroxylation is 3. The van der Waals surface area contributed by atoms with Crippen molar-refractivity contribution in [3.8, 4) is 0 Å². The fourth-order valence-corrected chi connectivity index (χ4v) is 1.88. The number of nitrogens with one attached hydrogen (secondary N) is 2. The lowest BCUT2D eigenvalue weighted by molar-refractivity contribution is 0.102. The Morgan fingerprint density at radius 3 is 2.90 bits per heavy atom. The molecule has 4 N–H and O–H groups in total. The molecule has 0 unspecified atom stereocenters. The lowest BCUT2D eigenvalue weighted by Gasteiger charge is -2.08. The maximum absolute atomic E-state index is 12.3. The molecular weight excluding hydrogens is 258 g/mol. The van der Waals surface area contributed by atoms with Gasteiger partial charge in [0.1, 0.15) is 12.3 Å². The molecule has 0 bridgehead atoms. The van der Waals surface area contributed by atoms with Crippen LogP contribution >= 0.6 is 0 Å². The summed E-state index contributed by atoms with van der Waals surface area (Å²) in [6.45, 7) is 5.61. The molecule has 2 aromatic rings. The maximum Gasteiger partial charge on any atom is 0.257 e. The van der Waals surface area contributed by atoms with Crippen molar-refractivity contribution in [3.05, 3.63) is 40.5 Å². The van der Waals surface area contributed by atoms with Gasteiger partial charge in [-0.1, -0.05) is 0 Å². The van der Waals surface area contributed by atoms with E-state index in [1.165, 1.54) is 0 Å². The molecule has 2 rings (SSSR count). The van der Waals surface area contributed by atoms with Crippen LogP contribution in [0, 0.1) is 20.8 Å². The number of carbonyl (C=O) groups excluding carboxylic acids is 1. The molecule has 0 aliphatic carbocycles. The first-order chi connectivity index (χ1) is 9.52. The molecule has 106 valence electrons. The van der Waals surface area contributed by atoms with Crippen LogP contribution in [0.3, 0.4) is 0 Å². The second kappa shape index (κ2) is 5.81. The number of H-pyrrole nitrogens is 1. The van der Waals surface area contributed by atoms with E-state index >= 15 is 0 Å². The zero-order valence-corrected chi connectivity index (χ0v) is 11.7. The first-order valence-electron chi connectivity index (χ1n) is 6.13. The molecule has 7 heteroatoms. The average molecular weight is 275 g/mol. The zero-order chi connectivity index (χ0) is 14.7. The van der Waals surface area contributed by atoms with Crippen LogP contribution in [0.4, 0.5) is 5.69 Å². The molecule has 0 aliphatic rings. The summed E-state index contributed by atoms with van der Waals surface area (Å²) in [5.41, 5.74) is 4.01. The van der Waals surface area contributed by atoms with Crippen molar-refractivity contribution in [2.75, 3.05) is 5.32 Å². The lowest BCUT2D eigenvalue weighted by atomic mass is 10.1. The number of hydrogen-bond donors (Lipinski definition) is 3. The SMILES string of the molecule is Cc1cnc(C)c(C(=O)Nc2c(CON)n[nH]c2C)c1. The molecule has 0 aliphatic heterocycles. The Labute approximate surface area is 116 Å². The van der Waals surface area contributed by atoms with Gasteiger partial charge in [0.15, 0.2) is 0 Å². The van der Waals surface area contributed by atoms with E-state index in [0.29, 0.717) is 22.6 Å². The van der Waals surface area contributed by atoms with Crippen LogP contribution in [0.25, 0.3) is 0 Å². The minimum atomic E-state index is -0.235. The van der Waals surface area contributed by atoms with Crippen LogP contribution < -0.4 is 11.2 Å². The number of aromatic nitrogens is 3. The number of amides is 1. The highest BCUT2D eigenvalue weighted by atomic mass is 16.6. The Balaban J connectivity index is 2.28. The van der Waals surface area contributed by atoms with Gasteiger partial charge in [0, 0.05) is 11.9 Å². The molecule has 0 saturated carbocycles. The Morgan fingerprint density at radius 1 is 1.45 bits per heavy atom. The van der Waals surface area contributed by atoms with Gasteiger partial charge in [-0.2, -0.15) is 5.10 Å². The molecule has 0 saturated heterocycles. The summed E-state index contributed by atoms with van der Waals surface area (Å²) in [5.74, 6) is 4.81. The summed E-state index contributed by atoms with van der Waals surface area (Å²) < 4.78 is 0. The van der Waals surface area contributed by atoms with E-state index in [2.05, 4.69) is 25.3 Å². The van der Waals surface area contributed by atoms with Crippen molar-refractivity contribution in [1.29, 1.82) is 0 Å². The van der Waals surface area contributed by atoms with Crippen molar-refractivity contribution < 1.29 is 9.63 Å². The first kappa shape index (κ1) is 14.2. The standard InChI is InChI=1S/C13H17N5O2/c1-7-4-10(8(2)15-5-7)13(19)16-12-9(3)17-18-11(12)6-20-14/h4-5H,6,14H2,1-3H3,(H,16,19)(H,17,18). The Kier molecular flexibility index (Phi) is 4.11. The number of nitrogens with two attached hydrogens (primary N) is 1. The highest BCUT2D eigenvalue weighted by Gasteiger charge is 2.16. The van der Waals surface area contributed by atoms with E-state index < -0.39 is 0 Å². The van der Waals surface area contributed by atoms with Gasteiger partial charge in [-0.3, -0.25) is 19.7 Å². The Bertz CT molecular complexity index is 636. The smallest absolute Gasteiger partial charge is 0.257 e. The molecule has 7 nitrogen and oxygen atoms in total. The number of hydrogen-bond acceptors (Lipinski definition) is 5. The Morgan fingerprint density at radius 2 is 2.20 bits per heavy atom. The molecule has 0 atom stereocenters. The lowest BCUT2D eigenvalue weighted by Crippen LogP contribution is -2.16. The summed E-state index contributed by atoms with van der Waals surface area (Å²) >= 11 is 0. The quantitative estimate of drug-likeness (QED) is 0.731. The van der Waals surface area contributed by atoms with Gasteiger partial charge in [0.25, 0.3) is 5.91 Å². The van der Waals surface area contributed by atoms with E-state index in [-0.39, 0.29) is 12.5 Å². The molecule has 0 aromatic carbocycles. The molecule has 0 radical (unpaired) electrons. The van der Waals surface area contributed by atoms with Crippen molar-refractivity contribution >= 4 is 11.6 Å². The summed E-state index contributed by atoms with van der Waals surface area (Å²) in [7, 11) is 0. The molecular formula is C13H17N5O2. The van der Waals surface area contributed by atoms with Crippen LogP contribution in [0.1, 0.15) is 33.0 Å². The van der Waals surface area contributed by atoms with E-state index in [1.54, 1.807) is 19.2 Å². The second-order valence-electron chi connectivity index (χ2n) is 4.58. The van der Waals surface area contributed by atoms with Crippen LogP contribution in [-0.2, 0) is 11.4 Å². The molecule has 2 heterocycles. The number of rotatable bonds is 4. The predicted octanol–water partition coefficient (Wildman–Crippen LogP) is 1.37. The normalized spacial score (nSPS) is 10.6. The van der Waals surface area contributed by atoms with Gasteiger partial charge in [-0.05, 0) is 32.4 Å². The summed E-state index contributed by atoms with van der Waals surface area (Å²) in [5, 5.41) is 9.64. The highest BCUT2D eigenvalue weighted by Crippen LogP contribution is 2.19. The minimum absolute atomic E-state index is 0.116. The molecule has 20 heavy (non-hydrogen) atoms. The van der Waals surface area contributed by atoms with E-state index in [0.717, 1.165) is 11.3 Å². The summed E-state index contributed by atoms with van der Waals surface area (Å²) in [4.78, 5) is 21.1. The van der Waals surface area contributed by atoms with Crippen molar-refractivity contribution in [3.63, 3.8) is 0 Å². The second-order valence-corrected chi connectivity index (χ2v) is 4.58. The predicted molar refractivity (Wildman–Crippen MR) is 74.0 cm³/mol. The van der Waals surface area contributed by atoms with Crippen molar-refractivity contribution in [2.24, 2.45) is 5.90 Å². The van der Waals surface area contributed by atoms with E-state index in [1.807, 2.05) is 13.8 Å². The number of carbonyl (C=O) groups is 1. The minimum Gasteiger partial charge on any atom is -0.319 e. The van der Waals surface area contributed by atoms with Gasteiger partial charge in [0.2, 0.25) is 0 Å². The summed E-state index contributed by atoms with van der Waals surface area (Å²) in [6, 6.07) is 1.80. The fraction of sp³-hybridized carbons (Fsp3) is 0.308. The summed E-state index contributed by atoms with van der Waals surface area (Å²) in [6.07, 6.45) is 1.73. The van der Waals surface area contributed by atoms with Crippen LogP contribution in [0.15, 0.2) is 12.3 Å². The fourth-order valence-electron chi connectivity index (χ4n) is 1.88. The topological polar surface area (TPSA) is 106 Å². The average Bonchev–Trinajstić information content (AvgIpc) is 2.75. The van der Waals surface area contributed by atoms with Gasteiger partial charge in [-0.15, -0.1) is 0 Å². The van der Waals surface area contributed by atoms with Gasteiger partial charge < -0.3 is 5.32 Å². The van der Waals surface area contributed by atoms with Crippen molar-refractivity contribution in [2.45, 2.75) is 27.4 Å². The number of aromatic amines is 1. The zero-order valence-electron chi connectivity index (χ0n) is 11.7. The number of pyridine rings is 1. The third-order valence-electron chi connectivity index (χ3n) is 2.95. The van der Waals surface area contributed by atoms with Crippen LogP contribution in [-0.4, -0.2) is 21.1 Å². The van der Waals surface area contributed by atoms with Crippen LogP contribution in [0.5, 0.6) is 0 Å².